The predicted octanol–water partition coefficient (Wildman–Crippen LogP) is 10.2. The molecule has 45 heavy (non-hydrogen) atoms. The summed E-state index contributed by atoms with van der Waals surface area (Å²) in [6.07, 6.45) is -3.39. The molecule has 2 atom stereocenters. The first-order chi connectivity index (χ1) is 21.6. The maximum absolute atomic E-state index is 14.1. The van der Waals surface area contributed by atoms with Crippen molar-refractivity contribution in [2.24, 2.45) is 0 Å². The van der Waals surface area contributed by atoms with Crippen molar-refractivity contribution < 1.29 is 30.8 Å². The van der Waals surface area contributed by atoms with Crippen molar-refractivity contribution >= 4 is 84.6 Å². The third-order valence-electron chi connectivity index (χ3n) is 6.06. The zero-order valence-electron chi connectivity index (χ0n) is 23.7. The Morgan fingerprint density at radius 3 is 1.42 bits per heavy atom. The Hall–Kier alpha value is -1.47. The van der Waals surface area contributed by atoms with Gasteiger partial charge in [0, 0.05) is 44.3 Å². The van der Waals surface area contributed by atoms with Gasteiger partial charge in [-0.15, -0.1) is 0 Å². The van der Waals surface area contributed by atoms with E-state index in [-0.39, 0.29) is 11.5 Å². The Labute approximate surface area is 292 Å². The molecule has 2 unspecified atom stereocenters. The van der Waals surface area contributed by atoms with Gasteiger partial charge in [0.1, 0.15) is 11.5 Å². The van der Waals surface area contributed by atoms with Crippen LogP contribution in [0.1, 0.15) is 11.1 Å². The quantitative estimate of drug-likeness (QED) is 0.0775. The minimum atomic E-state index is -4.92. The molecule has 0 aliphatic carbocycles. The third kappa shape index (κ3) is 11.3. The van der Waals surface area contributed by atoms with Gasteiger partial charge in [0.05, 0.1) is 30.5 Å². The van der Waals surface area contributed by atoms with Crippen LogP contribution >= 0.6 is 63.0 Å². The summed E-state index contributed by atoms with van der Waals surface area (Å²) in [4.78, 5) is 1.58. The highest BCUT2D eigenvalue weighted by atomic mass is 79.9. The van der Waals surface area contributed by atoms with E-state index in [4.69, 9.17) is 9.05 Å². The Bertz CT molecular complexity index is 1540. The summed E-state index contributed by atoms with van der Waals surface area (Å²) < 4.78 is 77.5. The Morgan fingerprint density at radius 1 is 0.667 bits per heavy atom. The largest absolute Gasteiger partial charge is 0.497 e. The lowest BCUT2D eigenvalue weighted by atomic mass is 10.2. The fourth-order valence-electron chi connectivity index (χ4n) is 3.82. The summed E-state index contributed by atoms with van der Waals surface area (Å²) in [6, 6.07) is 28.3. The molecular weight excluding hydrogens is 809 g/mol. The van der Waals surface area contributed by atoms with E-state index in [0.29, 0.717) is 43.5 Å². The lowest BCUT2D eigenvalue weighted by Gasteiger charge is -2.21. The second kappa shape index (κ2) is 18.2. The summed E-state index contributed by atoms with van der Waals surface area (Å²) in [5.74, 6) is 3.52. The van der Waals surface area contributed by atoms with Crippen LogP contribution in [-0.2, 0) is 37.7 Å². The molecule has 0 aromatic heterocycles. The molecule has 0 radical (unpaired) electrons. The van der Waals surface area contributed by atoms with Crippen LogP contribution in [0.3, 0.4) is 0 Å². The number of benzene rings is 4. The number of alkyl halides is 2. The molecule has 0 bridgehead atoms. The van der Waals surface area contributed by atoms with Crippen molar-refractivity contribution in [1.29, 1.82) is 0 Å². The van der Waals surface area contributed by atoms with Gasteiger partial charge in [-0.3, -0.25) is 8.42 Å². The van der Waals surface area contributed by atoms with E-state index in [2.05, 4.69) is 31.9 Å². The van der Waals surface area contributed by atoms with Gasteiger partial charge in [-0.1, -0.05) is 48.5 Å². The van der Waals surface area contributed by atoms with Crippen molar-refractivity contribution in [2.75, 3.05) is 23.0 Å². The highest BCUT2D eigenvalue weighted by molar-refractivity contribution is 9.11. The van der Waals surface area contributed by atoms with Crippen molar-refractivity contribution in [3.05, 3.63) is 117 Å². The molecule has 4 rings (SSSR count). The predicted molar refractivity (Wildman–Crippen MR) is 191 cm³/mol. The van der Waals surface area contributed by atoms with Gasteiger partial charge >= 0.3 is 13.8 Å². The molecule has 5 nitrogen and oxygen atoms in total. The van der Waals surface area contributed by atoms with Gasteiger partial charge < -0.3 is 9.05 Å². The Balaban J connectivity index is 1.28. The molecule has 0 saturated heterocycles. The molecule has 4 aromatic carbocycles. The van der Waals surface area contributed by atoms with Crippen LogP contribution in [-0.4, -0.2) is 37.6 Å². The van der Waals surface area contributed by atoms with E-state index < -0.39 is 35.4 Å². The van der Waals surface area contributed by atoms with Crippen molar-refractivity contribution in [1.82, 2.24) is 0 Å². The normalized spacial score (nSPS) is 14.1. The van der Waals surface area contributed by atoms with E-state index in [1.807, 2.05) is 60.7 Å². The number of halogens is 4. The van der Waals surface area contributed by atoms with Crippen molar-refractivity contribution in [3.8, 4) is 11.5 Å². The summed E-state index contributed by atoms with van der Waals surface area (Å²) in [5.41, 5.74) is 1.78. The van der Waals surface area contributed by atoms with Gasteiger partial charge in [-0.05, 0) is 91.5 Å². The highest BCUT2D eigenvalue weighted by Crippen LogP contribution is 2.56. The molecule has 14 heteroatoms. The summed E-state index contributed by atoms with van der Waals surface area (Å²) in [5, 5.41) is 0. The minimum absolute atomic E-state index is 0.0328. The highest BCUT2D eigenvalue weighted by Gasteiger charge is 2.41. The number of rotatable bonds is 17. The van der Waals surface area contributed by atoms with Crippen molar-refractivity contribution in [2.45, 2.75) is 27.5 Å². The zero-order chi connectivity index (χ0) is 32.2. The van der Waals surface area contributed by atoms with Gasteiger partial charge in [0.15, 0.2) is 0 Å². The van der Waals surface area contributed by atoms with Crippen LogP contribution in [0.5, 0.6) is 11.5 Å². The summed E-state index contributed by atoms with van der Waals surface area (Å²) in [6.45, 7) is 0. The molecule has 240 valence electrons. The van der Waals surface area contributed by atoms with E-state index in [9.17, 15) is 21.8 Å². The first-order valence-corrected chi connectivity index (χ1v) is 21.7. The first-order valence-electron chi connectivity index (χ1n) is 13.5. The number of hydrogen-bond donors (Lipinski definition) is 0. The minimum Gasteiger partial charge on any atom is -0.411 e. The van der Waals surface area contributed by atoms with Crippen LogP contribution in [0.15, 0.2) is 116 Å². The lowest BCUT2D eigenvalue weighted by Crippen LogP contribution is -2.09. The summed E-state index contributed by atoms with van der Waals surface area (Å²) in [7, 11) is -7.08. The lowest BCUT2D eigenvalue weighted by molar-refractivity contribution is 0.191. The Morgan fingerprint density at radius 2 is 1.07 bits per heavy atom. The van der Waals surface area contributed by atoms with Crippen LogP contribution < -0.4 is 9.05 Å². The van der Waals surface area contributed by atoms with Crippen LogP contribution in [0.4, 0.5) is 8.78 Å². The first kappa shape index (κ1) is 36.4. The molecule has 0 aliphatic rings. The molecule has 0 saturated carbocycles. The monoisotopic (exact) mass is 836 g/mol. The number of hydrogen-bond acceptors (Lipinski definition) is 7. The van der Waals surface area contributed by atoms with E-state index in [1.54, 1.807) is 47.8 Å². The van der Waals surface area contributed by atoms with Gasteiger partial charge in [0.2, 0.25) is 0 Å². The van der Waals surface area contributed by atoms with Gasteiger partial charge in [-0.2, -0.15) is 32.3 Å². The van der Waals surface area contributed by atoms with E-state index in [1.165, 1.54) is 12.1 Å². The van der Waals surface area contributed by atoms with Crippen LogP contribution in [0.2, 0.25) is 0 Å². The summed E-state index contributed by atoms with van der Waals surface area (Å²) >= 11 is 9.87. The molecule has 0 N–H and O–H groups in total. The number of thioether (sulfide) groups is 2. The smallest absolute Gasteiger partial charge is 0.411 e. The van der Waals surface area contributed by atoms with Crippen LogP contribution in [0.25, 0.3) is 0 Å². The topological polar surface area (TPSA) is 69.7 Å². The van der Waals surface area contributed by atoms with Crippen LogP contribution in [0, 0.1) is 0 Å². The average molecular weight is 839 g/mol. The molecule has 0 aliphatic heterocycles. The second-order valence-corrected chi connectivity index (χ2v) is 18.3. The molecule has 0 amide bonds. The third-order valence-corrected chi connectivity index (χ3v) is 14.0. The van der Waals surface area contributed by atoms with E-state index >= 15 is 0 Å². The fourth-order valence-corrected chi connectivity index (χ4v) is 10.8. The molecule has 0 spiro atoms. The average Bonchev–Trinajstić information content (AvgIpc) is 3.04. The maximum atomic E-state index is 14.1. The standard InChI is InChI=1S/C31H29Br2F2O5PS4/c32-27-19-23(21-42-15-17-44(37)25-7-3-1-4-8-25)11-13-29(27)39-41(36,31(34)35)40-30-14-12-24(20-28(30)33)22-43-16-18-45(38)26-9-5-2-6-10-26/h1-14,19-20,31H,15-18,21-22H2. The van der Waals surface area contributed by atoms with Gasteiger partial charge in [0.25, 0.3) is 0 Å². The molecular formula is C31H29Br2F2O5PS4. The fraction of sp³-hybridized carbons (Fsp3) is 0.226. The molecule has 4 aromatic rings. The molecule has 0 fully saturated rings. The zero-order valence-corrected chi connectivity index (χ0v) is 31.0. The Kier molecular flexibility index (Phi) is 14.7. The van der Waals surface area contributed by atoms with E-state index in [0.717, 1.165) is 20.9 Å². The SMILES string of the molecule is O=S(CCSCc1ccc(OP(=O)(Oc2ccc(CSCCS(=O)c3ccccc3)cc2Br)C(F)F)c(Br)c1)c1ccccc1. The maximum Gasteiger partial charge on any atom is 0.497 e. The van der Waals surface area contributed by atoms with Crippen molar-refractivity contribution in [3.63, 3.8) is 0 Å². The second-order valence-electron chi connectivity index (χ2n) is 9.36. The van der Waals surface area contributed by atoms with Gasteiger partial charge in [-0.25, -0.2) is 4.57 Å². The molecule has 0 heterocycles.